The van der Waals surface area contributed by atoms with Crippen LogP contribution in [-0.4, -0.2) is 10.9 Å². The van der Waals surface area contributed by atoms with Crippen molar-refractivity contribution in [3.05, 3.63) is 131 Å². The predicted molar refractivity (Wildman–Crippen MR) is 149 cm³/mol. The number of nitrogens with zero attached hydrogens (tertiary/aromatic N) is 2. The van der Waals surface area contributed by atoms with Crippen molar-refractivity contribution in [2.75, 3.05) is 4.90 Å². The van der Waals surface area contributed by atoms with Gasteiger partial charge in [0.25, 0.3) is 5.91 Å². The molecule has 37 heavy (non-hydrogen) atoms. The van der Waals surface area contributed by atoms with Gasteiger partial charge in [-0.2, -0.15) is 0 Å². The van der Waals surface area contributed by atoms with Gasteiger partial charge in [-0.15, -0.1) is 0 Å². The molecule has 0 aliphatic heterocycles. The molecule has 4 aromatic rings. The molecule has 1 atom stereocenters. The third-order valence-electron chi connectivity index (χ3n) is 6.76. The number of aromatic nitrogens is 1. The minimum Gasteiger partial charge on any atom is -0.489 e. The molecule has 5 rings (SSSR count). The molecule has 5 heteroatoms. The topological polar surface area (TPSA) is 42.4 Å². The van der Waals surface area contributed by atoms with Crippen LogP contribution in [0.15, 0.2) is 97.3 Å². The van der Waals surface area contributed by atoms with Gasteiger partial charge in [-0.25, -0.2) is 0 Å². The van der Waals surface area contributed by atoms with Crippen molar-refractivity contribution in [2.24, 2.45) is 0 Å². The molecule has 1 fully saturated rings. The maximum Gasteiger partial charge on any atom is 0.258 e. The third kappa shape index (κ3) is 6.58. The van der Waals surface area contributed by atoms with Gasteiger partial charge in [0, 0.05) is 28.7 Å². The van der Waals surface area contributed by atoms with E-state index in [0.717, 1.165) is 22.6 Å². The molecule has 3 aromatic carbocycles. The van der Waals surface area contributed by atoms with Crippen LogP contribution in [0.2, 0.25) is 5.02 Å². The Morgan fingerprint density at radius 2 is 1.73 bits per heavy atom. The fraction of sp³-hybridized carbons (Fsp3) is 0.219. The largest absolute Gasteiger partial charge is 0.489 e. The molecule has 0 spiro atoms. The molecule has 0 saturated heterocycles. The normalized spacial score (nSPS) is 13.8. The summed E-state index contributed by atoms with van der Waals surface area (Å²) in [5.41, 5.74) is 4.61. The van der Waals surface area contributed by atoms with Gasteiger partial charge >= 0.3 is 0 Å². The second-order valence-corrected chi connectivity index (χ2v) is 9.85. The Morgan fingerprint density at radius 3 is 2.49 bits per heavy atom. The van der Waals surface area contributed by atoms with Crippen LogP contribution in [-0.2, 0) is 13.2 Å². The minimum absolute atomic E-state index is 0.103. The van der Waals surface area contributed by atoms with Gasteiger partial charge in [-0.3, -0.25) is 9.78 Å². The molecular formula is C32H30ClN2O2. The van der Waals surface area contributed by atoms with Gasteiger partial charge in [0.15, 0.2) is 0 Å². The van der Waals surface area contributed by atoms with Crippen molar-refractivity contribution in [1.29, 1.82) is 0 Å². The average molecular weight is 510 g/mol. The Morgan fingerprint density at radius 1 is 0.919 bits per heavy atom. The summed E-state index contributed by atoms with van der Waals surface area (Å²) in [5.74, 6) is 1.28. The third-order valence-corrected chi connectivity index (χ3v) is 7.00. The van der Waals surface area contributed by atoms with Crippen molar-refractivity contribution in [3.8, 4) is 5.75 Å². The highest BCUT2D eigenvalue weighted by Gasteiger charge is 2.19. The fourth-order valence-corrected chi connectivity index (χ4v) is 4.96. The number of hydrogen-bond donors (Lipinski definition) is 0. The van der Waals surface area contributed by atoms with Crippen LogP contribution in [0.3, 0.4) is 0 Å². The lowest BCUT2D eigenvalue weighted by atomic mass is 9.84. The van der Waals surface area contributed by atoms with E-state index in [1.807, 2.05) is 66.7 Å². The molecule has 0 N–H and O–H groups in total. The van der Waals surface area contributed by atoms with Crippen molar-refractivity contribution in [1.82, 2.24) is 4.98 Å². The zero-order valence-electron chi connectivity index (χ0n) is 20.7. The summed E-state index contributed by atoms with van der Waals surface area (Å²) in [4.78, 5) is 19.5. The van der Waals surface area contributed by atoms with Gasteiger partial charge in [-0.05, 0) is 96.5 Å². The molecule has 1 heterocycles. The SMILES string of the molecule is O=C(c1cccc(COc2ccc(C3[CH]CCCC3)cc2)c1)N(Cc1ccncc1)c1cccc(Cl)c1. The fourth-order valence-electron chi connectivity index (χ4n) is 4.77. The number of pyridine rings is 1. The van der Waals surface area contributed by atoms with E-state index in [9.17, 15) is 4.79 Å². The molecule has 1 radical (unpaired) electrons. The van der Waals surface area contributed by atoms with E-state index in [1.54, 1.807) is 23.4 Å². The van der Waals surface area contributed by atoms with E-state index in [4.69, 9.17) is 16.3 Å². The van der Waals surface area contributed by atoms with Crippen molar-refractivity contribution in [2.45, 2.75) is 44.8 Å². The molecule has 1 aliphatic carbocycles. The molecule has 1 amide bonds. The number of anilines is 1. The molecule has 1 saturated carbocycles. The van der Waals surface area contributed by atoms with E-state index in [1.165, 1.54) is 31.2 Å². The first-order chi connectivity index (χ1) is 18.2. The number of rotatable bonds is 8. The summed E-state index contributed by atoms with van der Waals surface area (Å²) in [6.07, 6.45) is 10.9. The van der Waals surface area contributed by atoms with Crippen LogP contribution in [0.5, 0.6) is 5.75 Å². The van der Waals surface area contributed by atoms with E-state index in [2.05, 4.69) is 23.5 Å². The van der Waals surface area contributed by atoms with Crippen molar-refractivity contribution < 1.29 is 9.53 Å². The second kappa shape index (κ2) is 12.1. The van der Waals surface area contributed by atoms with Crippen LogP contribution in [0.4, 0.5) is 5.69 Å². The molecule has 0 bridgehead atoms. The summed E-state index contributed by atoms with van der Waals surface area (Å²) in [6.45, 7) is 0.796. The van der Waals surface area contributed by atoms with Crippen LogP contribution in [0, 0.1) is 6.42 Å². The number of amides is 1. The highest BCUT2D eigenvalue weighted by atomic mass is 35.5. The molecule has 187 valence electrons. The van der Waals surface area contributed by atoms with Gasteiger partial charge in [0.05, 0.1) is 6.54 Å². The van der Waals surface area contributed by atoms with E-state index in [0.29, 0.717) is 29.7 Å². The molecule has 1 unspecified atom stereocenters. The van der Waals surface area contributed by atoms with Gasteiger partial charge < -0.3 is 9.64 Å². The highest BCUT2D eigenvalue weighted by Crippen LogP contribution is 2.32. The number of benzene rings is 3. The van der Waals surface area contributed by atoms with Crippen LogP contribution in [0.25, 0.3) is 0 Å². The van der Waals surface area contributed by atoms with Gasteiger partial charge in [-0.1, -0.05) is 54.8 Å². The van der Waals surface area contributed by atoms with E-state index >= 15 is 0 Å². The van der Waals surface area contributed by atoms with E-state index < -0.39 is 0 Å². The minimum atomic E-state index is -0.103. The zero-order valence-corrected chi connectivity index (χ0v) is 21.5. The maximum absolute atomic E-state index is 13.7. The Labute approximate surface area is 223 Å². The average Bonchev–Trinajstić information content (AvgIpc) is 2.96. The van der Waals surface area contributed by atoms with Crippen molar-refractivity contribution >= 4 is 23.2 Å². The number of halogens is 1. The number of carbonyl (C=O) groups is 1. The first kappa shape index (κ1) is 25.0. The smallest absolute Gasteiger partial charge is 0.258 e. The van der Waals surface area contributed by atoms with Gasteiger partial charge in [0.2, 0.25) is 0 Å². The molecule has 1 aromatic heterocycles. The predicted octanol–water partition coefficient (Wildman–Crippen LogP) is 8.02. The van der Waals surface area contributed by atoms with Crippen LogP contribution < -0.4 is 9.64 Å². The van der Waals surface area contributed by atoms with Crippen molar-refractivity contribution in [3.63, 3.8) is 0 Å². The molecular weight excluding hydrogens is 480 g/mol. The quantitative estimate of drug-likeness (QED) is 0.241. The Balaban J connectivity index is 1.29. The van der Waals surface area contributed by atoms with Gasteiger partial charge in [0.1, 0.15) is 12.4 Å². The summed E-state index contributed by atoms with van der Waals surface area (Å²) in [7, 11) is 0. The number of carbonyl (C=O) groups excluding carboxylic acids is 1. The summed E-state index contributed by atoms with van der Waals surface area (Å²) < 4.78 is 6.07. The number of ether oxygens (including phenoxy) is 1. The Kier molecular flexibility index (Phi) is 8.17. The summed E-state index contributed by atoms with van der Waals surface area (Å²) >= 11 is 6.25. The lowest BCUT2D eigenvalue weighted by molar-refractivity contribution is 0.0985. The molecule has 1 aliphatic rings. The second-order valence-electron chi connectivity index (χ2n) is 9.41. The maximum atomic E-state index is 13.7. The standard InChI is InChI=1S/C32H30ClN2O2/c33-29-10-5-11-30(21-29)35(22-24-16-18-34-19-17-24)32(36)28-9-4-6-25(20-28)23-37-31-14-12-27(13-15-31)26-7-2-1-3-8-26/h4-7,9-21,26H,1-3,8,22-23H2. The highest BCUT2D eigenvalue weighted by molar-refractivity contribution is 6.31. The van der Waals surface area contributed by atoms with E-state index in [-0.39, 0.29) is 5.91 Å². The number of hydrogen-bond acceptors (Lipinski definition) is 3. The van der Waals surface area contributed by atoms with Crippen LogP contribution in [0.1, 0.15) is 58.6 Å². The monoisotopic (exact) mass is 509 g/mol. The lowest BCUT2D eigenvalue weighted by Gasteiger charge is -2.23. The Bertz CT molecular complexity index is 1320. The first-order valence-electron chi connectivity index (χ1n) is 12.8. The summed E-state index contributed by atoms with van der Waals surface area (Å²) in [5, 5.41) is 0.583. The molecule has 4 nitrogen and oxygen atoms in total. The van der Waals surface area contributed by atoms with Crippen LogP contribution >= 0.6 is 11.6 Å². The summed E-state index contributed by atoms with van der Waals surface area (Å²) in [6, 6.07) is 27.2. The first-order valence-corrected chi connectivity index (χ1v) is 13.1. The zero-order chi connectivity index (χ0) is 25.5. The lowest BCUT2D eigenvalue weighted by Crippen LogP contribution is -2.30. The Hall–Kier alpha value is -3.63.